The smallest absolute Gasteiger partial charge is 0.0621 e. The molecule has 1 heterocycles. The fourth-order valence-corrected chi connectivity index (χ4v) is 2.50. The predicted molar refractivity (Wildman–Crippen MR) is 69.5 cm³/mol. The first-order valence-corrected chi connectivity index (χ1v) is 6.56. The second-order valence-corrected chi connectivity index (χ2v) is 4.76. The number of hydrogen-bond donors (Lipinski definition) is 0. The van der Waals surface area contributed by atoms with E-state index in [0.29, 0.717) is 6.42 Å². The lowest BCUT2D eigenvalue weighted by Crippen LogP contribution is -2.24. The van der Waals surface area contributed by atoms with Crippen LogP contribution in [-0.2, 0) is 13.0 Å². The Hall–Kier alpha value is -1.33. The third kappa shape index (κ3) is 3.57. The van der Waals surface area contributed by atoms with Gasteiger partial charge in [0.1, 0.15) is 0 Å². The molecule has 0 saturated carbocycles. The highest BCUT2D eigenvalue weighted by Gasteiger charge is 2.12. The maximum atomic E-state index is 8.51. The Morgan fingerprint density at radius 1 is 1.18 bits per heavy atom. The molecule has 2 rings (SSSR count). The molecule has 0 bridgehead atoms. The number of aryl methyl sites for hydroxylation is 1. The SMILES string of the molecule is N#CCCCCN1CCCc2ccccc2C1. The highest BCUT2D eigenvalue weighted by atomic mass is 15.1. The van der Waals surface area contributed by atoms with Crippen LogP contribution in [0.15, 0.2) is 24.3 Å². The van der Waals surface area contributed by atoms with Crippen LogP contribution < -0.4 is 0 Å². The van der Waals surface area contributed by atoms with Crippen LogP contribution in [0.25, 0.3) is 0 Å². The van der Waals surface area contributed by atoms with Gasteiger partial charge in [-0.1, -0.05) is 24.3 Å². The van der Waals surface area contributed by atoms with Crippen LogP contribution in [0, 0.1) is 11.3 Å². The van der Waals surface area contributed by atoms with Crippen LogP contribution in [0.5, 0.6) is 0 Å². The minimum absolute atomic E-state index is 0.699. The molecule has 1 aromatic carbocycles. The number of nitrogens with zero attached hydrogens (tertiary/aromatic N) is 2. The molecule has 1 aromatic rings. The Morgan fingerprint density at radius 2 is 2.00 bits per heavy atom. The minimum atomic E-state index is 0.699. The highest BCUT2D eigenvalue weighted by Crippen LogP contribution is 2.18. The first kappa shape index (κ1) is 12.1. The number of fused-ring (bicyclic) bond motifs is 1. The van der Waals surface area contributed by atoms with Crippen molar-refractivity contribution in [3.8, 4) is 6.07 Å². The molecule has 0 radical (unpaired) electrons. The Morgan fingerprint density at radius 3 is 2.82 bits per heavy atom. The molecule has 0 aromatic heterocycles. The molecule has 1 aliphatic rings. The largest absolute Gasteiger partial charge is 0.299 e. The van der Waals surface area contributed by atoms with Gasteiger partial charge in [-0.2, -0.15) is 5.26 Å². The Kier molecular flexibility index (Phi) is 4.58. The van der Waals surface area contributed by atoms with E-state index in [9.17, 15) is 0 Å². The number of nitriles is 1. The van der Waals surface area contributed by atoms with E-state index in [-0.39, 0.29) is 0 Å². The molecule has 0 unspecified atom stereocenters. The molecule has 0 amide bonds. The second-order valence-electron chi connectivity index (χ2n) is 4.76. The van der Waals surface area contributed by atoms with Crippen LogP contribution in [0.1, 0.15) is 36.8 Å². The zero-order valence-corrected chi connectivity index (χ0v) is 10.4. The molecule has 2 nitrogen and oxygen atoms in total. The summed E-state index contributed by atoms with van der Waals surface area (Å²) in [5.74, 6) is 0. The molecule has 0 saturated heterocycles. The first-order valence-electron chi connectivity index (χ1n) is 6.56. The minimum Gasteiger partial charge on any atom is -0.299 e. The van der Waals surface area contributed by atoms with Gasteiger partial charge >= 0.3 is 0 Å². The van der Waals surface area contributed by atoms with E-state index in [0.717, 1.165) is 25.9 Å². The topological polar surface area (TPSA) is 27.0 Å². The van der Waals surface area contributed by atoms with Gasteiger partial charge in [-0.3, -0.25) is 4.90 Å². The third-order valence-electron chi connectivity index (χ3n) is 3.45. The molecular weight excluding hydrogens is 208 g/mol. The van der Waals surface area contributed by atoms with Gasteiger partial charge in [-0.25, -0.2) is 0 Å². The molecular formula is C15H20N2. The Labute approximate surface area is 104 Å². The Bertz CT molecular complexity index is 392. The zero-order chi connectivity index (χ0) is 11.9. The number of benzene rings is 1. The summed E-state index contributed by atoms with van der Waals surface area (Å²) in [5, 5.41) is 8.51. The van der Waals surface area contributed by atoms with Crippen LogP contribution >= 0.6 is 0 Å². The zero-order valence-electron chi connectivity index (χ0n) is 10.4. The van der Waals surface area contributed by atoms with Crippen molar-refractivity contribution in [3.05, 3.63) is 35.4 Å². The molecule has 0 atom stereocenters. The third-order valence-corrected chi connectivity index (χ3v) is 3.45. The van der Waals surface area contributed by atoms with Crippen molar-refractivity contribution in [2.45, 2.75) is 38.6 Å². The van der Waals surface area contributed by atoms with Crippen molar-refractivity contribution in [1.82, 2.24) is 4.90 Å². The van der Waals surface area contributed by atoms with E-state index in [1.165, 1.54) is 30.5 Å². The quantitative estimate of drug-likeness (QED) is 0.740. The lowest BCUT2D eigenvalue weighted by Gasteiger charge is -2.19. The molecule has 17 heavy (non-hydrogen) atoms. The molecule has 1 aliphatic heterocycles. The maximum absolute atomic E-state index is 8.51. The summed E-state index contributed by atoms with van der Waals surface area (Å²) in [5.41, 5.74) is 3.01. The van der Waals surface area contributed by atoms with Crippen molar-refractivity contribution in [3.63, 3.8) is 0 Å². The summed E-state index contributed by atoms with van der Waals surface area (Å²) in [6.45, 7) is 3.42. The lowest BCUT2D eigenvalue weighted by atomic mass is 10.0. The average Bonchev–Trinajstić information content (AvgIpc) is 2.56. The molecule has 0 N–H and O–H groups in total. The summed E-state index contributed by atoms with van der Waals surface area (Å²) in [7, 11) is 0. The maximum Gasteiger partial charge on any atom is 0.0621 e. The van der Waals surface area contributed by atoms with Gasteiger partial charge in [-0.15, -0.1) is 0 Å². The number of rotatable bonds is 4. The van der Waals surface area contributed by atoms with Crippen molar-refractivity contribution in [2.24, 2.45) is 0 Å². The van der Waals surface area contributed by atoms with Crippen LogP contribution in [0.3, 0.4) is 0 Å². The normalized spacial score (nSPS) is 15.9. The van der Waals surface area contributed by atoms with Gasteiger partial charge in [0.25, 0.3) is 0 Å². The molecule has 90 valence electrons. The first-order chi connectivity index (χ1) is 8.40. The summed E-state index contributed by atoms with van der Waals surface area (Å²) in [4.78, 5) is 2.53. The van der Waals surface area contributed by atoms with Crippen LogP contribution in [-0.4, -0.2) is 18.0 Å². The van der Waals surface area contributed by atoms with E-state index >= 15 is 0 Å². The highest BCUT2D eigenvalue weighted by molar-refractivity contribution is 5.27. The van der Waals surface area contributed by atoms with E-state index in [4.69, 9.17) is 5.26 Å². The standard InChI is InChI=1S/C15H20N2/c16-10-4-1-5-11-17-12-6-9-14-7-2-3-8-15(14)13-17/h2-3,7-8H,1,4-6,9,11-13H2. The summed E-state index contributed by atoms with van der Waals surface area (Å²) in [6, 6.07) is 11.0. The van der Waals surface area contributed by atoms with Crippen molar-refractivity contribution >= 4 is 0 Å². The van der Waals surface area contributed by atoms with Gasteiger partial charge in [0.15, 0.2) is 0 Å². The van der Waals surface area contributed by atoms with Crippen molar-refractivity contribution in [2.75, 3.05) is 13.1 Å². The van der Waals surface area contributed by atoms with E-state index in [2.05, 4.69) is 35.2 Å². The second kappa shape index (κ2) is 6.42. The average molecular weight is 228 g/mol. The van der Waals surface area contributed by atoms with E-state index in [1.54, 1.807) is 0 Å². The summed E-state index contributed by atoms with van der Waals surface area (Å²) >= 11 is 0. The van der Waals surface area contributed by atoms with E-state index < -0.39 is 0 Å². The van der Waals surface area contributed by atoms with Gasteiger partial charge in [-0.05, 0) is 49.9 Å². The van der Waals surface area contributed by atoms with E-state index in [1.807, 2.05) is 0 Å². The van der Waals surface area contributed by atoms with Crippen LogP contribution in [0.2, 0.25) is 0 Å². The predicted octanol–water partition coefficient (Wildman–Crippen LogP) is 3.13. The van der Waals surface area contributed by atoms with Gasteiger partial charge in [0.2, 0.25) is 0 Å². The van der Waals surface area contributed by atoms with Crippen LogP contribution in [0.4, 0.5) is 0 Å². The fourth-order valence-electron chi connectivity index (χ4n) is 2.50. The van der Waals surface area contributed by atoms with Crippen molar-refractivity contribution in [1.29, 1.82) is 5.26 Å². The van der Waals surface area contributed by atoms with Gasteiger partial charge < -0.3 is 0 Å². The lowest BCUT2D eigenvalue weighted by molar-refractivity contribution is 0.264. The number of unbranched alkanes of at least 4 members (excludes halogenated alkanes) is 2. The van der Waals surface area contributed by atoms with Crippen molar-refractivity contribution < 1.29 is 0 Å². The molecule has 0 fully saturated rings. The summed E-state index contributed by atoms with van der Waals surface area (Å²) in [6.07, 6.45) is 5.36. The number of hydrogen-bond acceptors (Lipinski definition) is 2. The van der Waals surface area contributed by atoms with Gasteiger partial charge in [0.05, 0.1) is 6.07 Å². The molecule has 2 heteroatoms. The Balaban J connectivity index is 1.88. The fraction of sp³-hybridized carbons (Fsp3) is 0.533. The molecule has 0 aliphatic carbocycles. The molecule has 0 spiro atoms. The van der Waals surface area contributed by atoms with Gasteiger partial charge in [0, 0.05) is 13.0 Å². The monoisotopic (exact) mass is 228 g/mol. The summed E-state index contributed by atoms with van der Waals surface area (Å²) < 4.78 is 0.